The van der Waals surface area contributed by atoms with E-state index in [2.05, 4.69) is 6.58 Å². The summed E-state index contributed by atoms with van der Waals surface area (Å²) in [6.07, 6.45) is -1.59. The molecule has 1 N–H and O–H groups in total. The van der Waals surface area contributed by atoms with Crippen molar-refractivity contribution in [2.45, 2.75) is 45.5 Å². The van der Waals surface area contributed by atoms with Crippen molar-refractivity contribution in [1.82, 2.24) is 0 Å². The summed E-state index contributed by atoms with van der Waals surface area (Å²) in [6.45, 7) is 8.86. The van der Waals surface area contributed by atoms with Crippen LogP contribution >= 0.6 is 0 Å². The Morgan fingerprint density at radius 3 is 2.50 bits per heavy atom. The largest absolute Gasteiger partial charge is 0.458 e. The number of hydrogen-bond acceptors (Lipinski definition) is 5. The van der Waals surface area contributed by atoms with E-state index in [0.29, 0.717) is 0 Å². The molecule has 0 spiro atoms. The van der Waals surface area contributed by atoms with Crippen LogP contribution in [-0.2, 0) is 19.1 Å². The van der Waals surface area contributed by atoms with Gasteiger partial charge in [0.15, 0.2) is 0 Å². The van der Waals surface area contributed by atoms with Crippen molar-refractivity contribution in [3.63, 3.8) is 0 Å². The Hall–Kier alpha value is -2.14. The number of carbonyl (C=O) groups is 2. The zero-order chi connectivity index (χ0) is 17.9. The average molecular weight is 332 g/mol. The standard InChI is InChI=1S/C19H24O5/c1-11(2)18(21)17-12(3)19(22)24-16(17)10-15(23-13(4)20)14-8-6-5-7-9-14/h5-9,11,15-18,21H,3,10H2,1-2,4H3/t15-,16-,17+,18+/m1/s1. The van der Waals surface area contributed by atoms with E-state index in [0.717, 1.165) is 5.56 Å². The second kappa shape index (κ2) is 7.62. The van der Waals surface area contributed by atoms with Gasteiger partial charge < -0.3 is 14.6 Å². The first-order valence-electron chi connectivity index (χ1n) is 8.11. The van der Waals surface area contributed by atoms with E-state index in [9.17, 15) is 14.7 Å². The van der Waals surface area contributed by atoms with Gasteiger partial charge in [0.25, 0.3) is 0 Å². The Bertz CT molecular complexity index is 607. The van der Waals surface area contributed by atoms with Gasteiger partial charge in [0.05, 0.1) is 12.0 Å². The minimum atomic E-state index is -0.747. The number of cyclic esters (lactones) is 1. The number of rotatable bonds is 6. The molecule has 130 valence electrons. The second-order valence-electron chi connectivity index (χ2n) is 6.47. The SMILES string of the molecule is C=C1C(=O)O[C@H](C[C@@H](OC(C)=O)c2ccccc2)[C@H]1[C@@H](O)C(C)C. The lowest BCUT2D eigenvalue weighted by Gasteiger charge is -2.28. The van der Waals surface area contributed by atoms with Crippen molar-refractivity contribution >= 4 is 11.9 Å². The van der Waals surface area contributed by atoms with Gasteiger partial charge in [0, 0.05) is 18.9 Å². The van der Waals surface area contributed by atoms with E-state index in [1.165, 1.54) is 6.92 Å². The van der Waals surface area contributed by atoms with Crippen molar-refractivity contribution in [2.75, 3.05) is 0 Å². The van der Waals surface area contributed by atoms with Gasteiger partial charge in [0.1, 0.15) is 12.2 Å². The Morgan fingerprint density at radius 1 is 1.33 bits per heavy atom. The van der Waals surface area contributed by atoms with Crippen molar-refractivity contribution in [3.05, 3.63) is 48.0 Å². The fourth-order valence-corrected chi connectivity index (χ4v) is 3.01. The molecule has 1 aliphatic heterocycles. The number of aliphatic hydroxyl groups is 1. The summed E-state index contributed by atoms with van der Waals surface area (Å²) in [5, 5.41) is 10.4. The van der Waals surface area contributed by atoms with E-state index in [1.54, 1.807) is 0 Å². The second-order valence-corrected chi connectivity index (χ2v) is 6.47. The van der Waals surface area contributed by atoms with Gasteiger partial charge in [-0.15, -0.1) is 0 Å². The quantitative estimate of drug-likeness (QED) is 0.640. The third-order valence-corrected chi connectivity index (χ3v) is 4.30. The zero-order valence-electron chi connectivity index (χ0n) is 14.3. The molecular formula is C19H24O5. The molecule has 0 aromatic heterocycles. The molecule has 4 atom stereocenters. The highest BCUT2D eigenvalue weighted by molar-refractivity contribution is 5.91. The summed E-state index contributed by atoms with van der Waals surface area (Å²) in [5.74, 6) is -1.46. The highest BCUT2D eigenvalue weighted by Gasteiger charge is 2.45. The first-order chi connectivity index (χ1) is 11.3. The molecule has 0 unspecified atom stereocenters. The van der Waals surface area contributed by atoms with E-state index < -0.39 is 36.2 Å². The van der Waals surface area contributed by atoms with Crippen LogP contribution in [0.1, 0.15) is 38.9 Å². The number of esters is 2. The molecule has 1 fully saturated rings. The van der Waals surface area contributed by atoms with Crippen LogP contribution in [0.2, 0.25) is 0 Å². The van der Waals surface area contributed by atoms with Crippen LogP contribution in [0.4, 0.5) is 0 Å². The molecule has 0 amide bonds. The van der Waals surface area contributed by atoms with Crippen LogP contribution in [0.5, 0.6) is 0 Å². The molecule has 0 saturated carbocycles. The number of hydrogen-bond donors (Lipinski definition) is 1. The first kappa shape index (κ1) is 18.2. The molecule has 1 heterocycles. The molecule has 24 heavy (non-hydrogen) atoms. The van der Waals surface area contributed by atoms with Gasteiger partial charge >= 0.3 is 11.9 Å². The van der Waals surface area contributed by atoms with Crippen LogP contribution in [0, 0.1) is 11.8 Å². The van der Waals surface area contributed by atoms with Crippen molar-refractivity contribution in [1.29, 1.82) is 0 Å². The Morgan fingerprint density at radius 2 is 1.96 bits per heavy atom. The summed E-state index contributed by atoms with van der Waals surface area (Å²) < 4.78 is 10.8. The lowest BCUT2D eigenvalue weighted by Crippen LogP contribution is -2.34. The summed E-state index contributed by atoms with van der Waals surface area (Å²) in [6, 6.07) is 9.29. The third kappa shape index (κ3) is 4.03. The lowest BCUT2D eigenvalue weighted by molar-refractivity contribution is -0.150. The van der Waals surface area contributed by atoms with Crippen molar-refractivity contribution < 1.29 is 24.2 Å². The molecule has 5 nitrogen and oxygen atoms in total. The number of carbonyl (C=O) groups excluding carboxylic acids is 2. The lowest BCUT2D eigenvalue weighted by atomic mass is 9.83. The minimum Gasteiger partial charge on any atom is -0.458 e. The highest BCUT2D eigenvalue weighted by atomic mass is 16.6. The van der Waals surface area contributed by atoms with Gasteiger partial charge in [0.2, 0.25) is 0 Å². The maximum Gasteiger partial charge on any atom is 0.334 e. The topological polar surface area (TPSA) is 72.8 Å². The van der Waals surface area contributed by atoms with Crippen LogP contribution in [0.25, 0.3) is 0 Å². The Labute approximate surface area is 142 Å². The molecule has 5 heteroatoms. The molecule has 1 saturated heterocycles. The van der Waals surface area contributed by atoms with Crippen molar-refractivity contribution in [2.24, 2.45) is 11.8 Å². The maximum atomic E-state index is 11.9. The first-order valence-corrected chi connectivity index (χ1v) is 8.11. The summed E-state index contributed by atoms with van der Waals surface area (Å²) in [4.78, 5) is 23.4. The monoisotopic (exact) mass is 332 g/mol. The van der Waals surface area contributed by atoms with Crippen LogP contribution in [0.15, 0.2) is 42.5 Å². The average Bonchev–Trinajstić information content (AvgIpc) is 2.80. The normalized spacial score (nSPS) is 23.0. The van der Waals surface area contributed by atoms with Gasteiger partial charge in [-0.3, -0.25) is 4.79 Å². The third-order valence-electron chi connectivity index (χ3n) is 4.30. The van der Waals surface area contributed by atoms with Gasteiger partial charge in [-0.25, -0.2) is 4.79 Å². The summed E-state index contributed by atoms with van der Waals surface area (Å²) >= 11 is 0. The Balaban J connectivity index is 2.24. The maximum absolute atomic E-state index is 11.9. The molecule has 1 aromatic carbocycles. The minimum absolute atomic E-state index is 0.0485. The number of aliphatic hydroxyl groups excluding tert-OH is 1. The van der Waals surface area contributed by atoms with E-state index in [1.807, 2.05) is 44.2 Å². The van der Waals surface area contributed by atoms with Crippen LogP contribution < -0.4 is 0 Å². The Kier molecular flexibility index (Phi) is 5.78. The van der Waals surface area contributed by atoms with E-state index in [4.69, 9.17) is 9.47 Å². The molecule has 1 aromatic rings. The van der Waals surface area contributed by atoms with Crippen LogP contribution in [-0.4, -0.2) is 29.3 Å². The van der Waals surface area contributed by atoms with Crippen LogP contribution in [0.3, 0.4) is 0 Å². The van der Waals surface area contributed by atoms with Crippen molar-refractivity contribution in [3.8, 4) is 0 Å². The van der Waals surface area contributed by atoms with Gasteiger partial charge in [-0.05, 0) is 11.5 Å². The molecular weight excluding hydrogens is 308 g/mol. The fourth-order valence-electron chi connectivity index (χ4n) is 3.01. The van der Waals surface area contributed by atoms with E-state index in [-0.39, 0.29) is 17.9 Å². The number of benzene rings is 1. The molecule has 0 aliphatic carbocycles. The zero-order valence-corrected chi connectivity index (χ0v) is 14.3. The predicted octanol–water partition coefficient (Wildman–Crippen LogP) is 2.80. The van der Waals surface area contributed by atoms with E-state index >= 15 is 0 Å². The highest BCUT2D eigenvalue weighted by Crippen LogP contribution is 2.38. The molecule has 0 radical (unpaired) electrons. The summed E-state index contributed by atoms with van der Waals surface area (Å²) in [7, 11) is 0. The fraction of sp³-hybridized carbons (Fsp3) is 0.474. The molecule has 1 aliphatic rings. The molecule has 0 bridgehead atoms. The summed E-state index contributed by atoms with van der Waals surface area (Å²) in [5.41, 5.74) is 1.09. The predicted molar refractivity (Wildman–Crippen MR) is 88.9 cm³/mol. The van der Waals surface area contributed by atoms with Gasteiger partial charge in [-0.1, -0.05) is 50.8 Å². The smallest absolute Gasteiger partial charge is 0.334 e. The van der Waals surface area contributed by atoms with Gasteiger partial charge in [-0.2, -0.15) is 0 Å². The molecule has 2 rings (SSSR count). The number of ether oxygens (including phenoxy) is 2.